The highest BCUT2D eigenvalue weighted by Crippen LogP contribution is 2.34. The van der Waals surface area contributed by atoms with Gasteiger partial charge >= 0.3 is 0 Å². The summed E-state index contributed by atoms with van der Waals surface area (Å²) in [5.74, 6) is -1.04. The van der Waals surface area contributed by atoms with Crippen molar-refractivity contribution in [3.8, 4) is 11.5 Å². The van der Waals surface area contributed by atoms with Crippen molar-refractivity contribution in [2.45, 2.75) is 44.2 Å². The van der Waals surface area contributed by atoms with Crippen LogP contribution in [-0.4, -0.2) is 57.5 Å². The van der Waals surface area contributed by atoms with Crippen molar-refractivity contribution in [2.75, 3.05) is 30.6 Å². The molecule has 1 unspecified atom stereocenters. The predicted octanol–water partition coefficient (Wildman–Crippen LogP) is 5.43. The molecular weight excluding hydrogens is 620 g/mol. The van der Waals surface area contributed by atoms with Crippen molar-refractivity contribution < 1.29 is 31.9 Å². The molecule has 0 aromatic heterocycles. The maximum Gasteiger partial charge on any atom is 0.264 e. The summed E-state index contributed by atoms with van der Waals surface area (Å²) in [6.07, 6.45) is 1.61. The van der Waals surface area contributed by atoms with Crippen molar-refractivity contribution >= 4 is 50.7 Å². The van der Waals surface area contributed by atoms with Crippen molar-refractivity contribution in [3.63, 3.8) is 0 Å². The highest BCUT2D eigenvalue weighted by molar-refractivity contribution is 7.92. The Morgan fingerprint density at radius 3 is 2.37 bits per heavy atom. The molecule has 1 atom stereocenters. The molecule has 1 heterocycles. The number of halogens is 3. The van der Waals surface area contributed by atoms with Gasteiger partial charge in [0.15, 0.2) is 11.5 Å². The first-order valence-electron chi connectivity index (χ1n) is 13.7. The van der Waals surface area contributed by atoms with Crippen molar-refractivity contribution in [2.24, 2.45) is 0 Å². The number of ether oxygens (including phenoxy) is 2. The maximum atomic E-state index is 14.0. The Morgan fingerprint density at radius 1 is 1.00 bits per heavy atom. The third-order valence-electron chi connectivity index (χ3n) is 6.85. The van der Waals surface area contributed by atoms with Crippen LogP contribution < -0.4 is 19.1 Å². The van der Waals surface area contributed by atoms with Gasteiger partial charge in [0.05, 0.1) is 10.6 Å². The SMILES string of the molecule is CCCCNC(=O)C(C)N(Cc1ccc(Cl)cc1Cl)C(=O)CN(c1ccc(F)cc1)S(=O)(=O)c1ccc2c(c1)OCCO2. The largest absolute Gasteiger partial charge is 0.486 e. The van der Waals surface area contributed by atoms with Gasteiger partial charge in [0, 0.05) is 29.2 Å². The number of rotatable bonds is 12. The Morgan fingerprint density at radius 2 is 1.70 bits per heavy atom. The van der Waals surface area contributed by atoms with Gasteiger partial charge in [-0.25, -0.2) is 12.8 Å². The van der Waals surface area contributed by atoms with Gasteiger partial charge in [0.25, 0.3) is 10.0 Å². The lowest BCUT2D eigenvalue weighted by molar-refractivity contribution is -0.139. The van der Waals surface area contributed by atoms with Crippen LogP contribution in [0.15, 0.2) is 65.6 Å². The summed E-state index contributed by atoms with van der Waals surface area (Å²) < 4.78 is 53.9. The fourth-order valence-electron chi connectivity index (χ4n) is 4.40. The number of nitrogens with one attached hydrogen (secondary N) is 1. The van der Waals surface area contributed by atoms with Crippen molar-refractivity contribution in [3.05, 3.63) is 82.1 Å². The van der Waals surface area contributed by atoms with Crippen LogP contribution in [0.3, 0.4) is 0 Å². The maximum absolute atomic E-state index is 14.0. The van der Waals surface area contributed by atoms with Crippen LogP contribution in [0.1, 0.15) is 32.3 Å². The van der Waals surface area contributed by atoms with Gasteiger partial charge in [-0.2, -0.15) is 0 Å². The van der Waals surface area contributed by atoms with Gasteiger partial charge < -0.3 is 19.7 Å². The molecule has 9 nitrogen and oxygen atoms in total. The minimum Gasteiger partial charge on any atom is -0.486 e. The van der Waals surface area contributed by atoms with E-state index in [2.05, 4.69) is 5.32 Å². The monoisotopic (exact) mass is 651 g/mol. The molecule has 13 heteroatoms. The Kier molecular flexibility index (Phi) is 10.8. The van der Waals surface area contributed by atoms with E-state index >= 15 is 0 Å². The van der Waals surface area contributed by atoms with Crippen LogP contribution in [0.4, 0.5) is 10.1 Å². The molecule has 1 aliphatic rings. The first kappa shape index (κ1) is 32.4. The van der Waals surface area contributed by atoms with E-state index < -0.39 is 40.2 Å². The van der Waals surface area contributed by atoms with E-state index in [1.165, 1.54) is 41.3 Å². The van der Waals surface area contributed by atoms with Gasteiger partial charge in [-0.1, -0.05) is 42.6 Å². The summed E-state index contributed by atoms with van der Waals surface area (Å²) in [5, 5.41) is 3.49. The number of nitrogens with zero attached hydrogens (tertiary/aromatic N) is 2. The summed E-state index contributed by atoms with van der Waals surface area (Å²) in [6, 6.07) is 12.6. The lowest BCUT2D eigenvalue weighted by atomic mass is 10.1. The Bertz CT molecular complexity index is 1570. The second-order valence-electron chi connectivity index (χ2n) is 9.87. The van der Waals surface area contributed by atoms with Gasteiger partial charge in [-0.15, -0.1) is 0 Å². The van der Waals surface area contributed by atoms with Crippen LogP contribution >= 0.6 is 23.2 Å². The van der Waals surface area contributed by atoms with Crippen molar-refractivity contribution in [1.29, 1.82) is 0 Å². The molecule has 1 N–H and O–H groups in total. The Balaban J connectivity index is 1.71. The number of benzene rings is 3. The van der Waals surface area contributed by atoms with E-state index in [0.29, 0.717) is 29.5 Å². The van der Waals surface area contributed by atoms with E-state index in [4.69, 9.17) is 32.7 Å². The smallest absolute Gasteiger partial charge is 0.264 e. The number of fused-ring (bicyclic) bond motifs is 1. The first-order valence-corrected chi connectivity index (χ1v) is 15.9. The second kappa shape index (κ2) is 14.3. The quantitative estimate of drug-likeness (QED) is 0.262. The molecule has 0 saturated heterocycles. The summed E-state index contributed by atoms with van der Waals surface area (Å²) in [7, 11) is -4.40. The third kappa shape index (κ3) is 7.90. The molecule has 0 saturated carbocycles. The zero-order chi connectivity index (χ0) is 31.1. The van der Waals surface area contributed by atoms with Crippen LogP contribution in [0.2, 0.25) is 10.0 Å². The number of hydrogen-bond donors (Lipinski definition) is 1. The molecule has 230 valence electrons. The average molecular weight is 653 g/mol. The molecule has 0 fully saturated rings. The normalized spacial score (nSPS) is 13.2. The second-order valence-corrected chi connectivity index (χ2v) is 12.6. The lowest BCUT2D eigenvalue weighted by Gasteiger charge is -2.32. The highest BCUT2D eigenvalue weighted by atomic mass is 35.5. The Hall–Kier alpha value is -3.54. The topological polar surface area (TPSA) is 105 Å². The number of anilines is 1. The van der Waals surface area contributed by atoms with E-state index in [1.807, 2.05) is 6.92 Å². The summed E-state index contributed by atoms with van der Waals surface area (Å²) >= 11 is 12.5. The van der Waals surface area contributed by atoms with Crippen LogP contribution in [-0.2, 0) is 26.2 Å². The van der Waals surface area contributed by atoms with Crippen LogP contribution in [0.25, 0.3) is 0 Å². The zero-order valence-electron chi connectivity index (χ0n) is 23.7. The first-order chi connectivity index (χ1) is 20.5. The van der Waals surface area contributed by atoms with E-state index in [1.54, 1.807) is 19.1 Å². The fraction of sp³-hybridized carbons (Fsp3) is 0.333. The highest BCUT2D eigenvalue weighted by Gasteiger charge is 2.33. The minimum atomic E-state index is -4.40. The number of carbonyl (C=O) groups excluding carboxylic acids is 2. The molecular formula is C30H32Cl2FN3O6S. The molecule has 0 bridgehead atoms. The van der Waals surface area contributed by atoms with Crippen LogP contribution in [0, 0.1) is 5.82 Å². The fourth-order valence-corrected chi connectivity index (χ4v) is 6.30. The lowest BCUT2D eigenvalue weighted by Crippen LogP contribution is -2.51. The summed E-state index contributed by atoms with van der Waals surface area (Å²) in [5.41, 5.74) is 0.560. The van der Waals surface area contributed by atoms with E-state index in [0.717, 1.165) is 29.3 Å². The van der Waals surface area contributed by atoms with Gasteiger partial charge in [0.1, 0.15) is 31.6 Å². The zero-order valence-corrected chi connectivity index (χ0v) is 26.0. The average Bonchev–Trinajstić information content (AvgIpc) is 2.99. The Labute approximate surface area is 260 Å². The molecule has 3 aromatic carbocycles. The van der Waals surface area contributed by atoms with Gasteiger partial charge in [-0.3, -0.25) is 13.9 Å². The molecule has 3 aromatic rings. The number of carbonyl (C=O) groups is 2. The van der Waals surface area contributed by atoms with E-state index in [-0.39, 0.29) is 34.5 Å². The molecule has 1 aliphatic heterocycles. The molecule has 2 amide bonds. The molecule has 0 radical (unpaired) electrons. The van der Waals surface area contributed by atoms with Crippen molar-refractivity contribution in [1.82, 2.24) is 10.2 Å². The molecule has 0 spiro atoms. The number of amides is 2. The van der Waals surface area contributed by atoms with Gasteiger partial charge in [0.2, 0.25) is 11.8 Å². The number of hydrogen-bond acceptors (Lipinski definition) is 6. The van der Waals surface area contributed by atoms with Crippen LogP contribution in [0.5, 0.6) is 11.5 Å². The summed E-state index contributed by atoms with van der Waals surface area (Å²) in [4.78, 5) is 28.2. The minimum absolute atomic E-state index is 0.0502. The van der Waals surface area contributed by atoms with E-state index in [9.17, 15) is 22.4 Å². The van der Waals surface area contributed by atoms with Gasteiger partial charge in [-0.05, 0) is 67.4 Å². The summed E-state index contributed by atoms with van der Waals surface area (Å²) in [6.45, 7) is 3.74. The molecule has 4 rings (SSSR count). The molecule has 43 heavy (non-hydrogen) atoms. The number of sulfonamides is 1. The molecule has 0 aliphatic carbocycles. The number of unbranched alkanes of at least 4 members (excludes halogenated alkanes) is 1. The third-order valence-corrected chi connectivity index (χ3v) is 9.20. The predicted molar refractivity (Wildman–Crippen MR) is 163 cm³/mol. The standard InChI is InChI=1S/C30H32Cl2FN3O6S/c1-3-4-13-34-30(38)20(2)35(18-21-5-6-22(31)16-26(21)32)29(37)19-36(24-9-7-23(33)8-10-24)43(39,40)25-11-12-27-28(17-25)42-15-14-41-27/h5-12,16-17,20H,3-4,13-15,18-19H2,1-2H3,(H,34,38).